The number of benzene rings is 2. The first kappa shape index (κ1) is 48.7. The number of piperidine rings is 2. The van der Waals surface area contributed by atoms with Gasteiger partial charge in [-0.15, -0.1) is 16.6 Å². The number of amides is 3. The lowest BCUT2D eigenvalue weighted by atomic mass is 9.79. The molecule has 6 heterocycles. The summed E-state index contributed by atoms with van der Waals surface area (Å²) < 4.78 is 0. The number of terminal acetylenes is 1. The Morgan fingerprint density at radius 3 is 2.16 bits per heavy atom. The van der Waals surface area contributed by atoms with Crippen LogP contribution in [0.4, 0.5) is 11.5 Å². The molecule has 1 aliphatic carbocycles. The first-order chi connectivity index (χ1) is 33.4. The van der Waals surface area contributed by atoms with Crippen LogP contribution in [-0.4, -0.2) is 171 Å². The summed E-state index contributed by atoms with van der Waals surface area (Å²) in [6, 6.07) is 16.8. The van der Waals surface area contributed by atoms with Crippen LogP contribution in [0.25, 0.3) is 11.3 Å². The van der Waals surface area contributed by atoms with Crippen LogP contribution in [0.1, 0.15) is 89.2 Å². The van der Waals surface area contributed by atoms with Crippen LogP contribution in [0.5, 0.6) is 5.75 Å². The smallest absolute Gasteiger partial charge is 0.246 e. The molecule has 370 valence electrons. The van der Waals surface area contributed by atoms with E-state index in [4.69, 9.17) is 6.42 Å². The number of nitrogens with zero attached hydrogens (tertiary/aromatic N) is 7. The lowest BCUT2D eigenvalue weighted by Gasteiger charge is -2.50. The number of para-hydroxylation sites is 1. The summed E-state index contributed by atoms with van der Waals surface area (Å²) in [4.78, 5) is 54.0. The number of β-amino-alcohol motifs (C(OH)–C–C–N with tert-alkyl or cyclic N) is 1. The average Bonchev–Trinajstić information content (AvgIpc) is 3.78. The van der Waals surface area contributed by atoms with Gasteiger partial charge in [0.1, 0.15) is 17.8 Å². The minimum absolute atomic E-state index is 0.00969. The van der Waals surface area contributed by atoms with Crippen LogP contribution in [0.2, 0.25) is 0 Å². The summed E-state index contributed by atoms with van der Waals surface area (Å²) in [5.41, 5.74) is 3.23. The molecule has 6 N–H and O–H groups in total. The van der Waals surface area contributed by atoms with Crippen molar-refractivity contribution in [3.8, 4) is 29.4 Å². The monoisotopic (exact) mass is 945 g/mol. The van der Waals surface area contributed by atoms with Crippen molar-refractivity contribution in [3.05, 3.63) is 65.7 Å². The van der Waals surface area contributed by atoms with Gasteiger partial charge in [0, 0.05) is 87.5 Å². The summed E-state index contributed by atoms with van der Waals surface area (Å²) in [5, 5.41) is 49.6. The molecule has 16 nitrogen and oxygen atoms in total. The highest BCUT2D eigenvalue weighted by molar-refractivity contribution is 5.93. The molecule has 5 aliphatic heterocycles. The Kier molecular flexibility index (Phi) is 15.1. The van der Waals surface area contributed by atoms with Crippen LogP contribution in [0.15, 0.2) is 54.6 Å². The standard InChI is InChI=1S/C53H72N10O6/c1-4-35-9-11-36(12-10-35)31-55-51(68)46-29-42(65)34-63(46)52(69)48(53(2,3)21-28-64)56-50(67)37-13-15-38(16-14-37)59-22-17-39(18-23-59)60-24-19-40(20-25-60)61-26-27-62-41(33-61)32-54-49-45(62)30-44(57-58-49)43-7-5-6-8-47(43)66/h1,5-12,30,37-42,46,48,64-66H,13-29,31-34H2,2-3H3,(H,54,58)(H,55,68)(H,56,67)/t37?,38?,41-,42+,46-,48+/m0/s1. The Balaban J connectivity index is 0.719. The van der Waals surface area contributed by atoms with E-state index in [1.165, 1.54) is 17.7 Å². The number of likely N-dealkylation sites (tertiary alicyclic amines) is 3. The van der Waals surface area contributed by atoms with E-state index in [-0.39, 0.29) is 56.0 Å². The number of nitrogens with one attached hydrogen (secondary N) is 3. The van der Waals surface area contributed by atoms with Gasteiger partial charge in [0.05, 0.1) is 23.5 Å². The van der Waals surface area contributed by atoms with Gasteiger partial charge < -0.3 is 50.9 Å². The number of anilines is 2. The van der Waals surface area contributed by atoms with Crippen molar-refractivity contribution in [3.63, 3.8) is 0 Å². The fourth-order valence-corrected chi connectivity index (χ4v) is 12.2. The Hall–Kier alpha value is -5.31. The number of aromatic hydroxyl groups is 1. The van der Waals surface area contributed by atoms with E-state index < -0.39 is 29.5 Å². The highest BCUT2D eigenvalue weighted by Crippen LogP contribution is 2.38. The fourth-order valence-electron chi connectivity index (χ4n) is 12.2. The van der Waals surface area contributed by atoms with Crippen molar-refractivity contribution < 1.29 is 29.7 Å². The minimum atomic E-state index is -0.976. The van der Waals surface area contributed by atoms with E-state index in [2.05, 4.69) is 57.7 Å². The summed E-state index contributed by atoms with van der Waals surface area (Å²) in [6.07, 6.45) is 13.0. The number of rotatable bonds is 13. The number of phenolic OH excluding ortho intramolecular Hbond substituents is 1. The second-order valence-electron chi connectivity index (χ2n) is 21.1. The quantitative estimate of drug-likeness (QED) is 0.137. The molecule has 2 aromatic carbocycles. The Morgan fingerprint density at radius 2 is 1.49 bits per heavy atom. The fraction of sp³-hybridized carbons (Fsp3) is 0.604. The molecular formula is C53H72N10O6. The Bertz CT molecular complexity index is 2320. The molecule has 3 amide bonds. The zero-order valence-corrected chi connectivity index (χ0v) is 40.4. The van der Waals surface area contributed by atoms with Gasteiger partial charge in [0.2, 0.25) is 17.7 Å². The maximum absolute atomic E-state index is 14.4. The number of aliphatic hydroxyl groups excluding tert-OH is 2. The lowest BCUT2D eigenvalue weighted by molar-refractivity contribution is -0.145. The van der Waals surface area contributed by atoms with Gasteiger partial charge in [0.15, 0.2) is 5.82 Å². The minimum Gasteiger partial charge on any atom is -0.507 e. The van der Waals surface area contributed by atoms with Crippen molar-refractivity contribution in [2.75, 3.05) is 75.7 Å². The molecule has 6 aliphatic rings. The van der Waals surface area contributed by atoms with Crippen LogP contribution >= 0.6 is 0 Å². The molecule has 4 atom stereocenters. The molecule has 1 saturated carbocycles. The van der Waals surface area contributed by atoms with Crippen LogP contribution in [0.3, 0.4) is 0 Å². The maximum Gasteiger partial charge on any atom is 0.246 e. The molecule has 0 unspecified atom stereocenters. The molecule has 69 heavy (non-hydrogen) atoms. The first-order valence-corrected chi connectivity index (χ1v) is 25.5. The largest absolute Gasteiger partial charge is 0.507 e. The summed E-state index contributed by atoms with van der Waals surface area (Å²) in [7, 11) is 0. The molecule has 9 rings (SSSR count). The van der Waals surface area contributed by atoms with Crippen molar-refractivity contribution >= 4 is 29.2 Å². The number of carbonyl (C=O) groups is 3. The van der Waals surface area contributed by atoms with Crippen molar-refractivity contribution in [2.24, 2.45) is 11.3 Å². The highest BCUT2D eigenvalue weighted by atomic mass is 16.3. The van der Waals surface area contributed by atoms with Crippen molar-refractivity contribution in [1.82, 2.24) is 40.4 Å². The second-order valence-corrected chi connectivity index (χ2v) is 21.1. The predicted octanol–water partition coefficient (Wildman–Crippen LogP) is 3.41. The highest BCUT2D eigenvalue weighted by Gasteiger charge is 2.47. The number of fused-ring (bicyclic) bond motifs is 3. The molecule has 3 aromatic rings. The molecule has 0 radical (unpaired) electrons. The lowest BCUT2D eigenvalue weighted by Crippen LogP contribution is -2.61. The summed E-state index contributed by atoms with van der Waals surface area (Å²) in [5.74, 6) is 2.43. The molecule has 16 heteroatoms. The average molecular weight is 945 g/mol. The Morgan fingerprint density at radius 1 is 0.826 bits per heavy atom. The van der Waals surface area contributed by atoms with Gasteiger partial charge in [-0.05, 0) is 125 Å². The number of piperazine rings is 1. The van der Waals surface area contributed by atoms with Gasteiger partial charge >= 0.3 is 0 Å². The van der Waals surface area contributed by atoms with E-state index in [0.29, 0.717) is 35.4 Å². The SMILES string of the molecule is C#Cc1ccc(CNC(=O)[C@@H]2C[C@@H](O)CN2C(=O)[C@@H](NC(=O)C2CCC(N3CCC(N4CCC(N5CCN6c7cc(-c8ccccc8O)nnc7NC[C@H]6C5)CC4)CC3)CC2)C(C)(C)CCO)cc1. The van der Waals surface area contributed by atoms with Gasteiger partial charge in [-0.2, -0.15) is 0 Å². The third-order valence-corrected chi connectivity index (χ3v) is 16.4. The van der Waals surface area contributed by atoms with Crippen molar-refractivity contribution in [1.29, 1.82) is 0 Å². The molecule has 4 saturated heterocycles. The van der Waals surface area contributed by atoms with E-state index in [0.717, 1.165) is 114 Å². The number of hydrogen-bond donors (Lipinski definition) is 6. The number of phenols is 1. The van der Waals surface area contributed by atoms with Gasteiger partial charge in [0.25, 0.3) is 0 Å². The molecule has 0 spiro atoms. The predicted molar refractivity (Wildman–Crippen MR) is 265 cm³/mol. The molecular weight excluding hydrogens is 873 g/mol. The van der Waals surface area contributed by atoms with Crippen LogP contribution < -0.4 is 20.9 Å². The summed E-state index contributed by atoms with van der Waals surface area (Å²) in [6.45, 7) is 12.0. The van der Waals surface area contributed by atoms with Gasteiger partial charge in [-0.25, -0.2) is 0 Å². The number of aliphatic hydroxyl groups is 2. The van der Waals surface area contributed by atoms with E-state index in [1.807, 2.05) is 44.2 Å². The topological polar surface area (TPSA) is 190 Å². The van der Waals surface area contributed by atoms with E-state index >= 15 is 0 Å². The maximum atomic E-state index is 14.4. The Labute approximate surface area is 407 Å². The normalized spacial score (nSPS) is 25.8. The van der Waals surface area contributed by atoms with Crippen LogP contribution in [0, 0.1) is 23.7 Å². The number of aromatic nitrogens is 2. The van der Waals surface area contributed by atoms with Crippen LogP contribution in [-0.2, 0) is 20.9 Å². The van der Waals surface area contributed by atoms with Gasteiger partial charge in [-0.3, -0.25) is 19.3 Å². The zero-order chi connectivity index (χ0) is 48.2. The molecule has 1 aromatic heterocycles. The number of hydrogen-bond acceptors (Lipinski definition) is 13. The van der Waals surface area contributed by atoms with Gasteiger partial charge in [-0.1, -0.05) is 44.0 Å². The van der Waals surface area contributed by atoms with E-state index in [1.54, 1.807) is 18.2 Å². The van der Waals surface area contributed by atoms with Crippen molar-refractivity contribution in [2.45, 2.75) is 127 Å². The third-order valence-electron chi connectivity index (χ3n) is 16.4. The van der Waals surface area contributed by atoms with E-state index in [9.17, 15) is 29.7 Å². The molecule has 5 fully saturated rings. The zero-order valence-electron chi connectivity index (χ0n) is 40.4. The molecule has 0 bridgehead atoms. The second kappa shape index (κ2) is 21.4. The first-order valence-electron chi connectivity index (χ1n) is 25.5. The third kappa shape index (κ3) is 10.9. The summed E-state index contributed by atoms with van der Waals surface area (Å²) >= 11 is 0. The number of carbonyl (C=O) groups excluding carboxylic acids is 3.